The second kappa shape index (κ2) is 5.13. The number of rotatable bonds is 2. The summed E-state index contributed by atoms with van der Waals surface area (Å²) in [6, 6.07) is 15.9. The van der Waals surface area contributed by atoms with Crippen LogP contribution in [0.25, 0.3) is 10.8 Å². The topological polar surface area (TPSA) is 59.3 Å². The normalized spacial score (nSPS) is 29.2. The maximum atomic E-state index is 12.0. The van der Waals surface area contributed by atoms with Gasteiger partial charge in [0.15, 0.2) is 0 Å². The van der Waals surface area contributed by atoms with Gasteiger partial charge in [0.2, 0.25) is 6.29 Å². The summed E-state index contributed by atoms with van der Waals surface area (Å²) in [5.41, 5.74) is 0.797. The molecule has 4 heteroatoms. The molecule has 0 bridgehead atoms. The molecule has 0 aromatic heterocycles. The Bertz CT molecular complexity index is 851. The maximum absolute atomic E-state index is 12.0. The highest BCUT2D eigenvalue weighted by atomic mass is 16.7. The molecular weight excluding hydrogens is 290 g/mol. The molecule has 2 fully saturated rings. The zero-order valence-electron chi connectivity index (χ0n) is 12.4. The van der Waals surface area contributed by atoms with Crippen molar-refractivity contribution in [3.8, 4) is 11.8 Å². The van der Waals surface area contributed by atoms with Crippen molar-refractivity contribution in [2.45, 2.75) is 12.7 Å². The number of nitrogens with zero attached hydrogens (tertiary/aromatic N) is 1. The first-order valence-corrected chi connectivity index (χ1v) is 7.60. The van der Waals surface area contributed by atoms with E-state index in [2.05, 4.69) is 12.6 Å². The van der Waals surface area contributed by atoms with Crippen LogP contribution in [-0.4, -0.2) is 12.3 Å². The molecule has 1 heterocycles. The fourth-order valence-corrected chi connectivity index (χ4v) is 3.57. The SMILES string of the molecule is C=C1C[C@H]2C(=O)O[C@H](Oc3ccc4ccccc4c3)[C@H]2C1C#N. The lowest BCUT2D eigenvalue weighted by Crippen LogP contribution is -2.28. The van der Waals surface area contributed by atoms with Gasteiger partial charge >= 0.3 is 5.97 Å². The summed E-state index contributed by atoms with van der Waals surface area (Å²) >= 11 is 0. The van der Waals surface area contributed by atoms with Gasteiger partial charge in [0.05, 0.1) is 23.8 Å². The number of hydrogen-bond donors (Lipinski definition) is 0. The van der Waals surface area contributed by atoms with Crippen LogP contribution in [0.5, 0.6) is 5.75 Å². The molecular formula is C19H15NO3. The summed E-state index contributed by atoms with van der Waals surface area (Å²) in [4.78, 5) is 12.0. The van der Waals surface area contributed by atoms with Crippen molar-refractivity contribution in [3.05, 3.63) is 54.6 Å². The van der Waals surface area contributed by atoms with Crippen LogP contribution in [-0.2, 0) is 9.53 Å². The molecule has 2 aliphatic rings. The fraction of sp³-hybridized carbons (Fsp3) is 0.263. The number of carbonyl (C=O) groups is 1. The van der Waals surface area contributed by atoms with Crippen molar-refractivity contribution in [3.63, 3.8) is 0 Å². The van der Waals surface area contributed by atoms with Crippen molar-refractivity contribution >= 4 is 16.7 Å². The molecule has 2 aromatic carbocycles. The second-order valence-corrected chi connectivity index (χ2v) is 6.09. The van der Waals surface area contributed by atoms with Gasteiger partial charge in [-0.3, -0.25) is 4.79 Å². The molecule has 1 aliphatic carbocycles. The average Bonchev–Trinajstić information content (AvgIpc) is 3.04. The van der Waals surface area contributed by atoms with Crippen molar-refractivity contribution in [2.24, 2.45) is 17.8 Å². The molecule has 4 rings (SSSR count). The minimum Gasteiger partial charge on any atom is -0.454 e. The van der Waals surface area contributed by atoms with E-state index in [0.29, 0.717) is 12.2 Å². The predicted octanol–water partition coefficient (Wildman–Crippen LogP) is 3.43. The third-order valence-electron chi connectivity index (χ3n) is 4.73. The van der Waals surface area contributed by atoms with E-state index < -0.39 is 12.2 Å². The molecule has 4 atom stereocenters. The van der Waals surface area contributed by atoms with Gasteiger partial charge in [0, 0.05) is 0 Å². The van der Waals surface area contributed by atoms with E-state index in [1.165, 1.54) is 0 Å². The van der Waals surface area contributed by atoms with E-state index in [9.17, 15) is 10.1 Å². The monoisotopic (exact) mass is 305 g/mol. The molecule has 1 unspecified atom stereocenters. The molecule has 1 saturated carbocycles. The molecule has 0 amide bonds. The molecule has 2 aromatic rings. The van der Waals surface area contributed by atoms with Gasteiger partial charge < -0.3 is 9.47 Å². The van der Waals surface area contributed by atoms with Crippen LogP contribution in [0, 0.1) is 29.1 Å². The van der Waals surface area contributed by atoms with Gasteiger partial charge in [0.25, 0.3) is 0 Å². The Morgan fingerprint density at radius 1 is 1.22 bits per heavy atom. The number of ether oxygens (including phenoxy) is 2. The van der Waals surface area contributed by atoms with Crippen LogP contribution in [0.1, 0.15) is 6.42 Å². The molecule has 23 heavy (non-hydrogen) atoms. The molecule has 1 aliphatic heterocycles. The summed E-state index contributed by atoms with van der Waals surface area (Å²) < 4.78 is 11.3. The molecule has 0 radical (unpaired) electrons. The van der Waals surface area contributed by atoms with Crippen molar-refractivity contribution in [1.29, 1.82) is 5.26 Å². The third-order valence-corrected chi connectivity index (χ3v) is 4.73. The minimum absolute atomic E-state index is 0.272. The van der Waals surface area contributed by atoms with Crippen LogP contribution < -0.4 is 4.74 Å². The quantitative estimate of drug-likeness (QED) is 0.630. The Morgan fingerprint density at radius 3 is 2.78 bits per heavy atom. The van der Waals surface area contributed by atoms with E-state index >= 15 is 0 Å². The summed E-state index contributed by atoms with van der Waals surface area (Å²) in [6.45, 7) is 3.92. The van der Waals surface area contributed by atoms with Crippen LogP contribution in [0.3, 0.4) is 0 Å². The van der Waals surface area contributed by atoms with E-state index in [1.54, 1.807) is 0 Å². The molecule has 114 valence electrons. The van der Waals surface area contributed by atoms with E-state index in [0.717, 1.165) is 16.3 Å². The largest absolute Gasteiger partial charge is 0.454 e. The van der Waals surface area contributed by atoms with Crippen LogP contribution in [0.2, 0.25) is 0 Å². The zero-order chi connectivity index (χ0) is 16.0. The van der Waals surface area contributed by atoms with E-state index in [1.807, 2.05) is 42.5 Å². The predicted molar refractivity (Wildman–Crippen MR) is 84.3 cm³/mol. The number of nitriles is 1. The van der Waals surface area contributed by atoms with Gasteiger partial charge in [-0.15, -0.1) is 0 Å². The first kappa shape index (κ1) is 13.8. The van der Waals surface area contributed by atoms with Crippen molar-refractivity contribution < 1.29 is 14.3 Å². The van der Waals surface area contributed by atoms with Crippen LogP contribution >= 0.6 is 0 Å². The number of fused-ring (bicyclic) bond motifs is 2. The van der Waals surface area contributed by atoms with Gasteiger partial charge in [-0.25, -0.2) is 0 Å². The highest BCUT2D eigenvalue weighted by molar-refractivity contribution is 5.83. The summed E-state index contributed by atoms with van der Waals surface area (Å²) in [6.07, 6.45) is -0.211. The van der Waals surface area contributed by atoms with Crippen LogP contribution in [0.15, 0.2) is 54.6 Å². The number of allylic oxidation sites excluding steroid dienone is 1. The Kier molecular flexibility index (Phi) is 3.09. The Hall–Kier alpha value is -2.80. The number of esters is 1. The van der Waals surface area contributed by atoms with Crippen molar-refractivity contribution in [2.75, 3.05) is 0 Å². The smallest absolute Gasteiger partial charge is 0.312 e. The summed E-state index contributed by atoms with van der Waals surface area (Å²) in [5.74, 6) is -0.628. The first-order valence-electron chi connectivity index (χ1n) is 7.60. The Morgan fingerprint density at radius 2 is 2.00 bits per heavy atom. The maximum Gasteiger partial charge on any atom is 0.312 e. The van der Waals surface area contributed by atoms with E-state index in [-0.39, 0.29) is 17.8 Å². The molecule has 4 nitrogen and oxygen atoms in total. The lowest BCUT2D eigenvalue weighted by atomic mass is 9.91. The molecule has 1 saturated heterocycles. The lowest BCUT2D eigenvalue weighted by molar-refractivity contribution is -0.154. The summed E-state index contributed by atoms with van der Waals surface area (Å²) in [5, 5.41) is 11.5. The van der Waals surface area contributed by atoms with Gasteiger partial charge in [-0.05, 0) is 29.3 Å². The number of hydrogen-bond acceptors (Lipinski definition) is 4. The van der Waals surface area contributed by atoms with E-state index in [4.69, 9.17) is 9.47 Å². The minimum atomic E-state index is -0.724. The van der Waals surface area contributed by atoms with Crippen LogP contribution in [0.4, 0.5) is 0 Å². The number of cyclic esters (lactones) is 1. The number of carbonyl (C=O) groups excluding carboxylic acids is 1. The second-order valence-electron chi connectivity index (χ2n) is 6.09. The third kappa shape index (κ3) is 2.17. The highest BCUT2D eigenvalue weighted by Gasteiger charge is 2.55. The van der Waals surface area contributed by atoms with Gasteiger partial charge in [-0.1, -0.05) is 42.5 Å². The summed E-state index contributed by atoms with van der Waals surface area (Å²) in [7, 11) is 0. The van der Waals surface area contributed by atoms with Gasteiger partial charge in [0.1, 0.15) is 5.75 Å². The number of benzene rings is 2. The first-order chi connectivity index (χ1) is 11.2. The zero-order valence-corrected chi connectivity index (χ0v) is 12.4. The lowest BCUT2D eigenvalue weighted by Gasteiger charge is -2.20. The average molecular weight is 305 g/mol. The molecule has 0 N–H and O–H groups in total. The fourth-order valence-electron chi connectivity index (χ4n) is 3.57. The van der Waals surface area contributed by atoms with Gasteiger partial charge in [-0.2, -0.15) is 5.26 Å². The highest BCUT2D eigenvalue weighted by Crippen LogP contribution is 2.48. The molecule has 0 spiro atoms. The Balaban J connectivity index is 1.63. The Labute approximate surface area is 133 Å². The van der Waals surface area contributed by atoms with Crippen molar-refractivity contribution in [1.82, 2.24) is 0 Å². The standard InChI is InChI=1S/C19H15NO3/c1-11-8-15-17(16(11)10-20)19(23-18(15)21)22-14-7-6-12-4-2-3-5-13(12)9-14/h2-7,9,15-17,19H,1,8H2/t15-,16?,17-,19+/m1/s1.